The van der Waals surface area contributed by atoms with E-state index in [-0.39, 0.29) is 0 Å². The van der Waals surface area contributed by atoms with Gasteiger partial charge in [-0.15, -0.1) is 0 Å². The number of hydrogen-bond donors (Lipinski definition) is 2. The second kappa shape index (κ2) is 7.21. The van der Waals surface area contributed by atoms with Crippen LogP contribution in [0.4, 0.5) is 0 Å². The summed E-state index contributed by atoms with van der Waals surface area (Å²) in [6, 6.07) is 3.92. The van der Waals surface area contributed by atoms with Crippen molar-refractivity contribution in [3.8, 4) is 11.5 Å². The summed E-state index contributed by atoms with van der Waals surface area (Å²) in [4.78, 5) is 23.3. The zero-order valence-corrected chi connectivity index (χ0v) is 12.4. The van der Waals surface area contributed by atoms with Crippen molar-refractivity contribution < 1.29 is 24.2 Å². The highest BCUT2D eigenvalue weighted by atomic mass is 32.2. The Morgan fingerprint density at radius 2 is 2.05 bits per heavy atom. The SMILES string of the molecule is CSCC[C@@H](NC(=O)c1ccc2c(c1)OCCO2)C(=O)O. The van der Waals surface area contributed by atoms with Crippen LogP contribution in [0.3, 0.4) is 0 Å². The van der Waals surface area contributed by atoms with Gasteiger partial charge in [0.2, 0.25) is 0 Å². The molecule has 0 bridgehead atoms. The summed E-state index contributed by atoms with van der Waals surface area (Å²) < 4.78 is 10.8. The second-order valence-electron chi connectivity index (χ2n) is 4.50. The third kappa shape index (κ3) is 4.04. The van der Waals surface area contributed by atoms with Crippen LogP contribution in [0.1, 0.15) is 16.8 Å². The summed E-state index contributed by atoms with van der Waals surface area (Å²) in [5, 5.41) is 11.6. The molecule has 0 spiro atoms. The molecule has 0 fully saturated rings. The van der Waals surface area contributed by atoms with E-state index in [9.17, 15) is 9.59 Å². The Labute approximate surface area is 126 Å². The molecule has 1 aromatic carbocycles. The average Bonchev–Trinajstić information content (AvgIpc) is 2.50. The van der Waals surface area contributed by atoms with E-state index in [0.29, 0.717) is 42.4 Å². The maximum absolute atomic E-state index is 12.1. The molecule has 21 heavy (non-hydrogen) atoms. The van der Waals surface area contributed by atoms with Crippen LogP contribution in [0.15, 0.2) is 18.2 Å². The number of carboxylic acids is 1. The van der Waals surface area contributed by atoms with E-state index in [1.807, 2.05) is 6.26 Å². The lowest BCUT2D eigenvalue weighted by atomic mass is 10.1. The van der Waals surface area contributed by atoms with Gasteiger partial charge >= 0.3 is 5.97 Å². The summed E-state index contributed by atoms with van der Waals surface area (Å²) in [7, 11) is 0. The van der Waals surface area contributed by atoms with Gasteiger partial charge in [0.25, 0.3) is 5.91 Å². The second-order valence-corrected chi connectivity index (χ2v) is 5.49. The molecule has 1 aromatic rings. The normalized spacial score (nSPS) is 14.3. The van der Waals surface area contributed by atoms with Crippen LogP contribution in [0.2, 0.25) is 0 Å². The molecule has 114 valence electrons. The van der Waals surface area contributed by atoms with Crippen molar-refractivity contribution in [3.63, 3.8) is 0 Å². The lowest BCUT2D eigenvalue weighted by molar-refractivity contribution is -0.139. The molecule has 0 aliphatic carbocycles. The summed E-state index contributed by atoms with van der Waals surface area (Å²) >= 11 is 1.54. The maximum atomic E-state index is 12.1. The number of rotatable bonds is 6. The molecule has 1 aliphatic heterocycles. The number of carbonyl (C=O) groups excluding carboxylic acids is 1. The Morgan fingerprint density at radius 1 is 1.33 bits per heavy atom. The van der Waals surface area contributed by atoms with E-state index in [1.165, 1.54) is 11.8 Å². The van der Waals surface area contributed by atoms with Gasteiger partial charge in [0.05, 0.1) is 0 Å². The first-order valence-corrected chi connectivity index (χ1v) is 7.93. The Bertz CT molecular complexity index is 534. The van der Waals surface area contributed by atoms with E-state index in [0.717, 1.165) is 0 Å². The van der Waals surface area contributed by atoms with Crippen LogP contribution in [0, 0.1) is 0 Å². The lowest BCUT2D eigenvalue weighted by Gasteiger charge is -2.19. The highest BCUT2D eigenvalue weighted by molar-refractivity contribution is 7.98. The van der Waals surface area contributed by atoms with Crippen molar-refractivity contribution >= 4 is 23.6 Å². The maximum Gasteiger partial charge on any atom is 0.326 e. The summed E-state index contributed by atoms with van der Waals surface area (Å²) in [5.74, 6) is 0.300. The smallest absolute Gasteiger partial charge is 0.326 e. The Morgan fingerprint density at radius 3 is 2.71 bits per heavy atom. The van der Waals surface area contributed by atoms with Gasteiger partial charge in [-0.05, 0) is 36.6 Å². The molecule has 6 nitrogen and oxygen atoms in total. The minimum Gasteiger partial charge on any atom is -0.486 e. The molecule has 1 atom stereocenters. The van der Waals surface area contributed by atoms with E-state index in [2.05, 4.69) is 5.32 Å². The van der Waals surface area contributed by atoms with E-state index in [1.54, 1.807) is 18.2 Å². The average molecular weight is 311 g/mol. The van der Waals surface area contributed by atoms with Crippen molar-refractivity contribution in [2.75, 3.05) is 25.2 Å². The van der Waals surface area contributed by atoms with Gasteiger partial charge in [0.1, 0.15) is 19.3 Å². The van der Waals surface area contributed by atoms with Crippen LogP contribution in [-0.2, 0) is 4.79 Å². The standard InChI is InChI=1S/C14H17NO5S/c1-21-7-4-10(14(17)18)15-13(16)9-2-3-11-12(8-9)20-6-5-19-11/h2-3,8,10H,4-7H2,1H3,(H,15,16)(H,17,18)/t10-/m1/s1. The third-order valence-corrected chi connectivity index (χ3v) is 3.66. The molecule has 0 radical (unpaired) electrons. The van der Waals surface area contributed by atoms with Gasteiger partial charge in [0, 0.05) is 5.56 Å². The zero-order valence-electron chi connectivity index (χ0n) is 11.6. The van der Waals surface area contributed by atoms with Gasteiger partial charge in [-0.25, -0.2) is 4.79 Å². The quantitative estimate of drug-likeness (QED) is 0.826. The van der Waals surface area contributed by atoms with E-state index < -0.39 is 17.9 Å². The van der Waals surface area contributed by atoms with Gasteiger partial charge < -0.3 is 19.9 Å². The molecule has 0 saturated carbocycles. The van der Waals surface area contributed by atoms with Gasteiger partial charge in [-0.1, -0.05) is 0 Å². The van der Waals surface area contributed by atoms with Crippen LogP contribution in [0.5, 0.6) is 11.5 Å². The number of benzene rings is 1. The Balaban J connectivity index is 2.06. The lowest BCUT2D eigenvalue weighted by Crippen LogP contribution is -2.41. The van der Waals surface area contributed by atoms with Gasteiger partial charge in [-0.3, -0.25) is 4.79 Å². The van der Waals surface area contributed by atoms with Crippen LogP contribution < -0.4 is 14.8 Å². The molecule has 2 rings (SSSR count). The first-order chi connectivity index (χ1) is 10.1. The minimum absolute atomic E-state index is 0.356. The van der Waals surface area contributed by atoms with E-state index in [4.69, 9.17) is 14.6 Å². The predicted octanol–water partition coefficient (Wildman–Crippen LogP) is 1.39. The van der Waals surface area contributed by atoms with Gasteiger partial charge in [-0.2, -0.15) is 11.8 Å². The Hall–Kier alpha value is -1.89. The highest BCUT2D eigenvalue weighted by Gasteiger charge is 2.21. The molecular formula is C14H17NO5S. The van der Waals surface area contributed by atoms with Crippen molar-refractivity contribution in [1.82, 2.24) is 5.32 Å². The zero-order chi connectivity index (χ0) is 15.2. The fraction of sp³-hybridized carbons (Fsp3) is 0.429. The first-order valence-electron chi connectivity index (χ1n) is 6.54. The number of carboxylic acid groups (broad SMARTS) is 1. The molecule has 0 saturated heterocycles. The number of amides is 1. The topological polar surface area (TPSA) is 84.9 Å². The van der Waals surface area contributed by atoms with Crippen molar-refractivity contribution in [1.29, 1.82) is 0 Å². The molecule has 1 amide bonds. The Kier molecular flexibility index (Phi) is 5.32. The molecule has 0 aromatic heterocycles. The third-order valence-electron chi connectivity index (χ3n) is 3.02. The fourth-order valence-corrected chi connectivity index (χ4v) is 2.39. The van der Waals surface area contributed by atoms with Crippen LogP contribution in [-0.4, -0.2) is 48.2 Å². The number of aliphatic carboxylic acids is 1. The van der Waals surface area contributed by atoms with Crippen LogP contribution >= 0.6 is 11.8 Å². The van der Waals surface area contributed by atoms with Crippen molar-refractivity contribution in [2.45, 2.75) is 12.5 Å². The number of carbonyl (C=O) groups is 2. The number of hydrogen-bond acceptors (Lipinski definition) is 5. The molecule has 0 unspecified atom stereocenters. The largest absolute Gasteiger partial charge is 0.486 e. The first kappa shape index (κ1) is 15.5. The van der Waals surface area contributed by atoms with Gasteiger partial charge in [0.15, 0.2) is 11.5 Å². The monoisotopic (exact) mass is 311 g/mol. The van der Waals surface area contributed by atoms with Crippen molar-refractivity contribution in [2.24, 2.45) is 0 Å². The number of thioether (sulfide) groups is 1. The number of fused-ring (bicyclic) bond motifs is 1. The highest BCUT2D eigenvalue weighted by Crippen LogP contribution is 2.30. The van der Waals surface area contributed by atoms with E-state index >= 15 is 0 Å². The molecule has 2 N–H and O–H groups in total. The fourth-order valence-electron chi connectivity index (χ4n) is 1.92. The van der Waals surface area contributed by atoms with Crippen LogP contribution in [0.25, 0.3) is 0 Å². The molecule has 7 heteroatoms. The predicted molar refractivity (Wildman–Crippen MR) is 79.3 cm³/mol. The summed E-state index contributed by atoms with van der Waals surface area (Å²) in [6.07, 6.45) is 2.27. The number of nitrogens with one attached hydrogen (secondary N) is 1. The number of ether oxygens (including phenoxy) is 2. The molecular weight excluding hydrogens is 294 g/mol. The molecule has 1 heterocycles. The minimum atomic E-state index is -1.03. The molecule has 1 aliphatic rings. The van der Waals surface area contributed by atoms with Crippen molar-refractivity contribution in [3.05, 3.63) is 23.8 Å². The summed E-state index contributed by atoms with van der Waals surface area (Å²) in [6.45, 7) is 0.915. The summed E-state index contributed by atoms with van der Waals surface area (Å²) in [5.41, 5.74) is 0.356.